The molecule has 0 saturated carbocycles. The molecule has 2 atom stereocenters. The van der Waals surface area contributed by atoms with Gasteiger partial charge in [-0.15, -0.1) is 0 Å². The highest BCUT2D eigenvalue weighted by atomic mass is 16.3. The molecule has 2 rings (SSSR count). The SMILES string of the molecule is NC(=O)C(O)C(O)c1ccc2c(c1)CNC2=O. The molecule has 6 heteroatoms. The quantitative estimate of drug-likeness (QED) is 0.528. The van der Waals surface area contributed by atoms with E-state index in [1.807, 2.05) is 0 Å². The van der Waals surface area contributed by atoms with Crippen LogP contribution in [-0.2, 0) is 11.3 Å². The molecule has 90 valence electrons. The molecule has 17 heavy (non-hydrogen) atoms. The minimum Gasteiger partial charge on any atom is -0.385 e. The van der Waals surface area contributed by atoms with Crippen molar-refractivity contribution in [3.63, 3.8) is 0 Å². The van der Waals surface area contributed by atoms with Crippen LogP contribution in [0.5, 0.6) is 0 Å². The molecule has 0 fully saturated rings. The highest BCUT2D eigenvalue weighted by Gasteiger charge is 2.26. The molecule has 0 spiro atoms. The number of aliphatic hydroxyl groups excluding tert-OH is 2. The zero-order valence-electron chi connectivity index (χ0n) is 8.88. The molecule has 0 saturated heterocycles. The standard InChI is InChI=1S/C11H12N2O4/c12-10(16)9(15)8(14)5-1-2-7-6(3-5)4-13-11(7)17/h1-3,8-9,14-15H,4H2,(H2,12,16)(H,13,17). The number of nitrogens with one attached hydrogen (secondary N) is 1. The number of aliphatic hydroxyl groups is 2. The number of hydrogen-bond acceptors (Lipinski definition) is 4. The lowest BCUT2D eigenvalue weighted by Crippen LogP contribution is -2.33. The molecule has 1 heterocycles. The van der Waals surface area contributed by atoms with Gasteiger partial charge in [0.1, 0.15) is 6.10 Å². The van der Waals surface area contributed by atoms with Crippen LogP contribution in [0.15, 0.2) is 18.2 Å². The fourth-order valence-corrected chi connectivity index (χ4v) is 1.77. The molecule has 6 nitrogen and oxygen atoms in total. The normalized spacial score (nSPS) is 17.2. The molecular weight excluding hydrogens is 224 g/mol. The minimum absolute atomic E-state index is 0.170. The van der Waals surface area contributed by atoms with Crippen molar-refractivity contribution in [2.24, 2.45) is 5.73 Å². The van der Waals surface area contributed by atoms with Gasteiger partial charge in [-0.3, -0.25) is 9.59 Å². The molecule has 0 aromatic heterocycles. The van der Waals surface area contributed by atoms with E-state index < -0.39 is 18.1 Å². The number of carbonyl (C=O) groups excluding carboxylic acids is 2. The zero-order valence-corrected chi connectivity index (χ0v) is 8.88. The molecule has 1 aromatic rings. The van der Waals surface area contributed by atoms with Gasteiger partial charge in [-0.2, -0.15) is 0 Å². The predicted molar refractivity (Wildman–Crippen MR) is 57.8 cm³/mol. The molecule has 2 unspecified atom stereocenters. The zero-order chi connectivity index (χ0) is 12.6. The van der Waals surface area contributed by atoms with E-state index in [1.54, 1.807) is 12.1 Å². The van der Waals surface area contributed by atoms with Crippen LogP contribution in [-0.4, -0.2) is 28.1 Å². The molecule has 1 aliphatic heterocycles. The van der Waals surface area contributed by atoms with Gasteiger partial charge in [0.25, 0.3) is 5.91 Å². The van der Waals surface area contributed by atoms with Gasteiger partial charge in [-0.1, -0.05) is 12.1 Å². The Labute approximate surface area is 97.1 Å². The van der Waals surface area contributed by atoms with Crippen LogP contribution in [0.2, 0.25) is 0 Å². The van der Waals surface area contributed by atoms with E-state index in [2.05, 4.69) is 5.32 Å². The summed E-state index contributed by atoms with van der Waals surface area (Å²) in [5.74, 6) is -1.16. The number of primary amides is 1. The summed E-state index contributed by atoms with van der Waals surface area (Å²) in [6.07, 6.45) is -3.04. The summed E-state index contributed by atoms with van der Waals surface area (Å²) in [5, 5.41) is 21.7. The topological polar surface area (TPSA) is 113 Å². The van der Waals surface area contributed by atoms with Crippen LogP contribution in [0.25, 0.3) is 0 Å². The van der Waals surface area contributed by atoms with Crippen molar-refractivity contribution in [3.05, 3.63) is 34.9 Å². The predicted octanol–water partition coefficient (Wildman–Crippen LogP) is -1.19. The summed E-state index contributed by atoms with van der Waals surface area (Å²) < 4.78 is 0. The van der Waals surface area contributed by atoms with Gasteiger partial charge in [-0.25, -0.2) is 0 Å². The van der Waals surface area contributed by atoms with Crippen LogP contribution in [0.1, 0.15) is 27.6 Å². The Morgan fingerprint density at radius 2 is 2.12 bits per heavy atom. The van der Waals surface area contributed by atoms with Gasteiger partial charge >= 0.3 is 0 Å². The van der Waals surface area contributed by atoms with Gasteiger partial charge < -0.3 is 21.3 Å². The largest absolute Gasteiger partial charge is 0.385 e. The van der Waals surface area contributed by atoms with E-state index in [0.29, 0.717) is 17.7 Å². The second-order valence-electron chi connectivity index (χ2n) is 3.89. The first-order valence-corrected chi connectivity index (χ1v) is 5.07. The van der Waals surface area contributed by atoms with Gasteiger partial charge in [0.2, 0.25) is 5.91 Å². The highest BCUT2D eigenvalue weighted by Crippen LogP contribution is 2.23. The van der Waals surface area contributed by atoms with Crippen molar-refractivity contribution in [2.75, 3.05) is 0 Å². The summed E-state index contributed by atoms with van der Waals surface area (Å²) in [5.41, 5.74) is 6.51. The molecule has 0 bridgehead atoms. The van der Waals surface area contributed by atoms with Crippen LogP contribution >= 0.6 is 0 Å². The number of benzene rings is 1. The molecular formula is C11H12N2O4. The lowest BCUT2D eigenvalue weighted by atomic mass is 9.99. The van der Waals surface area contributed by atoms with Crippen LogP contribution in [0.4, 0.5) is 0 Å². The fourth-order valence-electron chi connectivity index (χ4n) is 1.77. The average molecular weight is 236 g/mol. The van der Waals surface area contributed by atoms with Crippen molar-refractivity contribution in [1.29, 1.82) is 0 Å². The monoisotopic (exact) mass is 236 g/mol. The summed E-state index contributed by atoms with van der Waals surface area (Å²) >= 11 is 0. The van der Waals surface area contributed by atoms with Gasteiger partial charge in [-0.05, 0) is 17.2 Å². The Hall–Kier alpha value is -1.92. The van der Waals surface area contributed by atoms with E-state index >= 15 is 0 Å². The number of rotatable bonds is 3. The highest BCUT2D eigenvalue weighted by molar-refractivity contribution is 5.98. The average Bonchev–Trinajstić information content (AvgIpc) is 2.68. The Bertz CT molecular complexity index is 486. The second kappa shape index (κ2) is 4.15. The summed E-state index contributed by atoms with van der Waals surface area (Å²) in [4.78, 5) is 22.0. The molecule has 2 amide bonds. The maximum absolute atomic E-state index is 11.3. The number of hydrogen-bond donors (Lipinski definition) is 4. The number of amides is 2. The first-order chi connectivity index (χ1) is 8.00. The van der Waals surface area contributed by atoms with Gasteiger partial charge in [0, 0.05) is 12.1 Å². The van der Waals surface area contributed by atoms with Crippen molar-refractivity contribution in [3.8, 4) is 0 Å². The molecule has 1 aliphatic rings. The van der Waals surface area contributed by atoms with Gasteiger partial charge in [0.05, 0.1) is 0 Å². The third kappa shape index (κ3) is 2.00. The number of carbonyl (C=O) groups is 2. The van der Waals surface area contributed by atoms with Gasteiger partial charge in [0.15, 0.2) is 6.10 Å². The number of nitrogens with two attached hydrogens (primary N) is 1. The molecule has 0 radical (unpaired) electrons. The molecule has 5 N–H and O–H groups in total. The Morgan fingerprint density at radius 1 is 1.41 bits per heavy atom. The summed E-state index contributed by atoms with van der Waals surface area (Å²) in [6.45, 7) is 0.376. The smallest absolute Gasteiger partial charge is 0.251 e. The maximum atomic E-state index is 11.3. The van der Waals surface area contributed by atoms with E-state index in [1.165, 1.54) is 6.07 Å². The third-order valence-electron chi connectivity index (χ3n) is 2.75. The van der Waals surface area contributed by atoms with E-state index in [0.717, 1.165) is 5.56 Å². The second-order valence-corrected chi connectivity index (χ2v) is 3.89. The fraction of sp³-hybridized carbons (Fsp3) is 0.273. The molecule has 0 aliphatic carbocycles. The van der Waals surface area contributed by atoms with Crippen molar-refractivity contribution < 1.29 is 19.8 Å². The summed E-state index contributed by atoms with van der Waals surface area (Å²) in [7, 11) is 0. The first kappa shape index (κ1) is 11.6. The van der Waals surface area contributed by atoms with Crippen molar-refractivity contribution in [2.45, 2.75) is 18.8 Å². The van der Waals surface area contributed by atoms with E-state index in [9.17, 15) is 19.8 Å². The lowest BCUT2D eigenvalue weighted by molar-refractivity contribution is -0.131. The number of fused-ring (bicyclic) bond motifs is 1. The van der Waals surface area contributed by atoms with Crippen molar-refractivity contribution >= 4 is 11.8 Å². The third-order valence-corrected chi connectivity index (χ3v) is 2.75. The minimum atomic E-state index is -1.65. The summed E-state index contributed by atoms with van der Waals surface area (Å²) in [6, 6.07) is 4.61. The molecule has 1 aromatic carbocycles. The van der Waals surface area contributed by atoms with Crippen LogP contribution in [0.3, 0.4) is 0 Å². The Balaban J connectivity index is 2.29. The van der Waals surface area contributed by atoms with Crippen molar-refractivity contribution in [1.82, 2.24) is 5.32 Å². The van der Waals surface area contributed by atoms with Crippen LogP contribution in [0, 0.1) is 0 Å². The Morgan fingerprint density at radius 3 is 2.76 bits per heavy atom. The lowest BCUT2D eigenvalue weighted by Gasteiger charge is -2.15. The Kier molecular flexibility index (Phi) is 2.83. The maximum Gasteiger partial charge on any atom is 0.251 e. The van der Waals surface area contributed by atoms with E-state index in [-0.39, 0.29) is 5.91 Å². The first-order valence-electron chi connectivity index (χ1n) is 5.07. The van der Waals surface area contributed by atoms with Crippen LogP contribution < -0.4 is 11.1 Å². The van der Waals surface area contributed by atoms with E-state index in [4.69, 9.17) is 5.73 Å².